The Kier molecular flexibility index (Phi) is 6.54. The molecule has 0 spiro atoms. The Hall–Kier alpha value is -2.49. The molecule has 31 heavy (non-hydrogen) atoms. The minimum atomic E-state index is -0.107. The Morgan fingerprint density at radius 3 is 2.81 bits per heavy atom. The van der Waals surface area contributed by atoms with Crippen LogP contribution < -0.4 is 20.3 Å². The number of carbonyl (C=O) groups excluding carboxylic acids is 1. The highest BCUT2D eigenvalue weighted by Gasteiger charge is 2.41. The largest absolute Gasteiger partial charge is 0.494 e. The van der Waals surface area contributed by atoms with Crippen LogP contribution in [0.15, 0.2) is 58.5 Å². The lowest BCUT2D eigenvalue weighted by molar-refractivity contribution is -0.115. The topological polar surface area (TPSA) is 66.5 Å². The number of pyridine rings is 1. The Bertz CT molecular complexity index is 1110. The van der Waals surface area contributed by atoms with E-state index in [1.165, 1.54) is 0 Å². The summed E-state index contributed by atoms with van der Waals surface area (Å²) in [6.45, 7) is 1.81. The van der Waals surface area contributed by atoms with Crippen molar-refractivity contribution in [1.82, 2.24) is 10.3 Å². The van der Waals surface area contributed by atoms with Crippen LogP contribution in [-0.4, -0.2) is 23.1 Å². The maximum absolute atomic E-state index is 11.9. The van der Waals surface area contributed by atoms with E-state index < -0.39 is 0 Å². The highest BCUT2D eigenvalue weighted by Crippen LogP contribution is 2.45. The standard InChI is InChI=1S/C22H21BrN4O2S2/c1-3-19(28)25-14-8-7-13(12-16(14)29-2)27-21(17-9-10-18(23)31-17)20(26-22(27)30)15-6-4-5-11-24-15/h4-12,20-21H,3H2,1-2H3,(H,25,28)(H,26,30)/t20-,21-/m1/s1. The van der Waals surface area contributed by atoms with Gasteiger partial charge in [0, 0.05) is 29.2 Å². The fourth-order valence-electron chi connectivity index (χ4n) is 3.58. The van der Waals surface area contributed by atoms with E-state index in [1.807, 2.05) is 49.4 Å². The second-order valence-electron chi connectivity index (χ2n) is 6.92. The molecule has 1 aliphatic rings. The smallest absolute Gasteiger partial charge is 0.224 e. The first-order chi connectivity index (χ1) is 15.0. The number of thiocarbonyl (C=S) groups is 1. The molecule has 2 atom stereocenters. The first kappa shape index (κ1) is 21.7. The molecule has 1 aliphatic heterocycles. The van der Waals surface area contributed by atoms with Crippen molar-refractivity contribution in [2.24, 2.45) is 0 Å². The molecule has 2 N–H and O–H groups in total. The van der Waals surface area contributed by atoms with Crippen LogP contribution in [0.5, 0.6) is 5.75 Å². The van der Waals surface area contributed by atoms with E-state index in [0.29, 0.717) is 23.0 Å². The number of anilines is 2. The Labute approximate surface area is 198 Å². The van der Waals surface area contributed by atoms with Gasteiger partial charge >= 0.3 is 0 Å². The van der Waals surface area contributed by atoms with Gasteiger partial charge in [-0.1, -0.05) is 13.0 Å². The fraction of sp³-hybridized carbons (Fsp3) is 0.227. The van der Waals surface area contributed by atoms with Crippen LogP contribution in [0.25, 0.3) is 0 Å². The zero-order chi connectivity index (χ0) is 22.0. The van der Waals surface area contributed by atoms with Crippen LogP contribution in [-0.2, 0) is 4.79 Å². The zero-order valence-electron chi connectivity index (χ0n) is 17.0. The lowest BCUT2D eigenvalue weighted by atomic mass is 10.0. The third-order valence-electron chi connectivity index (χ3n) is 5.04. The average Bonchev–Trinajstić information content (AvgIpc) is 3.37. The Balaban J connectivity index is 1.76. The molecule has 3 heterocycles. The van der Waals surface area contributed by atoms with Gasteiger partial charge in [0.05, 0.1) is 34.4 Å². The van der Waals surface area contributed by atoms with Crippen molar-refractivity contribution < 1.29 is 9.53 Å². The molecule has 3 aromatic rings. The third-order valence-corrected chi connectivity index (χ3v) is 7.05. The van der Waals surface area contributed by atoms with E-state index in [1.54, 1.807) is 24.6 Å². The number of methoxy groups -OCH3 is 1. The monoisotopic (exact) mass is 516 g/mol. The van der Waals surface area contributed by atoms with Crippen molar-refractivity contribution in [2.45, 2.75) is 25.4 Å². The second-order valence-corrected chi connectivity index (χ2v) is 9.81. The number of benzene rings is 1. The number of hydrogen-bond donors (Lipinski definition) is 2. The molecule has 1 aromatic carbocycles. The minimum Gasteiger partial charge on any atom is -0.494 e. The molecule has 0 radical (unpaired) electrons. The minimum absolute atomic E-state index is 0.0686. The van der Waals surface area contributed by atoms with Gasteiger partial charge in [-0.2, -0.15) is 0 Å². The summed E-state index contributed by atoms with van der Waals surface area (Å²) in [7, 11) is 1.59. The summed E-state index contributed by atoms with van der Waals surface area (Å²) in [5.41, 5.74) is 2.42. The number of ether oxygens (including phenoxy) is 1. The molecule has 0 saturated carbocycles. The highest BCUT2D eigenvalue weighted by molar-refractivity contribution is 9.11. The first-order valence-electron chi connectivity index (χ1n) is 9.75. The molecule has 9 heteroatoms. The summed E-state index contributed by atoms with van der Waals surface area (Å²) in [6.07, 6.45) is 2.18. The van der Waals surface area contributed by atoms with Crippen molar-refractivity contribution in [3.8, 4) is 5.75 Å². The third kappa shape index (κ3) is 4.44. The molecule has 6 nitrogen and oxygen atoms in total. The number of thiophene rings is 1. The zero-order valence-corrected chi connectivity index (χ0v) is 20.2. The van der Waals surface area contributed by atoms with E-state index in [4.69, 9.17) is 17.0 Å². The molecular formula is C22H21BrN4O2S2. The first-order valence-corrected chi connectivity index (χ1v) is 11.8. The van der Waals surface area contributed by atoms with E-state index in [2.05, 4.69) is 42.5 Å². The van der Waals surface area contributed by atoms with Crippen LogP contribution >= 0.6 is 39.5 Å². The molecule has 0 bridgehead atoms. The van der Waals surface area contributed by atoms with Crippen molar-refractivity contribution in [1.29, 1.82) is 0 Å². The van der Waals surface area contributed by atoms with Crippen molar-refractivity contribution in [2.75, 3.05) is 17.3 Å². The Morgan fingerprint density at radius 1 is 1.32 bits per heavy atom. The van der Waals surface area contributed by atoms with Crippen molar-refractivity contribution >= 4 is 61.9 Å². The van der Waals surface area contributed by atoms with Crippen LogP contribution in [0.2, 0.25) is 0 Å². The van der Waals surface area contributed by atoms with Crippen LogP contribution in [0, 0.1) is 0 Å². The molecule has 0 aliphatic carbocycles. The van der Waals surface area contributed by atoms with Gasteiger partial charge in [-0.25, -0.2) is 0 Å². The summed E-state index contributed by atoms with van der Waals surface area (Å²) < 4.78 is 6.61. The fourth-order valence-corrected chi connectivity index (χ4v) is 5.48. The maximum Gasteiger partial charge on any atom is 0.224 e. The molecule has 1 amide bonds. The maximum atomic E-state index is 11.9. The van der Waals surface area contributed by atoms with Gasteiger partial charge in [0.25, 0.3) is 0 Å². The normalized spacial score (nSPS) is 18.0. The summed E-state index contributed by atoms with van der Waals surface area (Å²) in [4.78, 5) is 19.7. The van der Waals surface area contributed by atoms with Gasteiger partial charge in [0.2, 0.25) is 5.91 Å². The van der Waals surface area contributed by atoms with Gasteiger partial charge in [0.1, 0.15) is 5.75 Å². The van der Waals surface area contributed by atoms with Crippen molar-refractivity contribution in [3.63, 3.8) is 0 Å². The SMILES string of the molecule is CCC(=O)Nc1ccc(N2C(=S)N[C@H](c3ccccn3)[C@H]2c2ccc(Br)s2)cc1OC. The number of nitrogens with zero attached hydrogens (tertiary/aromatic N) is 2. The van der Waals surface area contributed by atoms with Crippen LogP contribution in [0.3, 0.4) is 0 Å². The number of halogens is 1. The van der Waals surface area contributed by atoms with E-state index in [0.717, 1.165) is 20.0 Å². The van der Waals surface area contributed by atoms with E-state index in [9.17, 15) is 4.79 Å². The van der Waals surface area contributed by atoms with Gasteiger partial charge in [-0.3, -0.25) is 9.78 Å². The predicted molar refractivity (Wildman–Crippen MR) is 132 cm³/mol. The molecule has 4 rings (SSSR count). The Morgan fingerprint density at radius 2 is 2.16 bits per heavy atom. The van der Waals surface area contributed by atoms with Gasteiger partial charge < -0.3 is 20.3 Å². The molecule has 160 valence electrons. The van der Waals surface area contributed by atoms with Crippen LogP contribution in [0.1, 0.15) is 36.0 Å². The van der Waals surface area contributed by atoms with E-state index in [-0.39, 0.29) is 18.0 Å². The highest BCUT2D eigenvalue weighted by atomic mass is 79.9. The lowest BCUT2D eigenvalue weighted by Crippen LogP contribution is -2.29. The van der Waals surface area contributed by atoms with Crippen LogP contribution in [0.4, 0.5) is 11.4 Å². The summed E-state index contributed by atoms with van der Waals surface area (Å²) in [6, 6.07) is 15.5. The van der Waals surface area contributed by atoms with Gasteiger partial charge in [-0.05, 0) is 64.5 Å². The number of nitrogens with one attached hydrogen (secondary N) is 2. The molecule has 2 aromatic heterocycles. The average molecular weight is 517 g/mol. The number of rotatable bonds is 6. The predicted octanol–water partition coefficient (Wildman–Crippen LogP) is 5.44. The molecule has 1 saturated heterocycles. The second kappa shape index (κ2) is 9.33. The number of aromatic nitrogens is 1. The summed E-state index contributed by atoms with van der Waals surface area (Å²) in [5, 5.41) is 6.93. The molecular weight excluding hydrogens is 496 g/mol. The van der Waals surface area contributed by atoms with Crippen molar-refractivity contribution in [3.05, 3.63) is 69.1 Å². The number of amides is 1. The number of carbonyl (C=O) groups is 1. The molecule has 0 unspecified atom stereocenters. The number of hydrogen-bond acceptors (Lipinski definition) is 5. The molecule has 1 fully saturated rings. The van der Waals surface area contributed by atoms with Gasteiger partial charge in [-0.15, -0.1) is 11.3 Å². The lowest BCUT2D eigenvalue weighted by Gasteiger charge is -2.27. The quantitative estimate of drug-likeness (QED) is 0.425. The van der Waals surface area contributed by atoms with Gasteiger partial charge in [0.15, 0.2) is 5.11 Å². The van der Waals surface area contributed by atoms with E-state index >= 15 is 0 Å². The summed E-state index contributed by atoms with van der Waals surface area (Å²) in [5.74, 6) is 0.510. The summed E-state index contributed by atoms with van der Waals surface area (Å²) >= 11 is 11.0.